The topological polar surface area (TPSA) is 59.2 Å². The molecule has 0 unspecified atom stereocenters. The fourth-order valence-corrected chi connectivity index (χ4v) is 2.26. The first-order chi connectivity index (χ1) is 10.1. The van der Waals surface area contributed by atoms with E-state index in [2.05, 4.69) is 11.9 Å². The number of aryl methyl sites for hydroxylation is 1. The number of nitrogens with zero attached hydrogens (tertiary/aromatic N) is 2. The van der Waals surface area contributed by atoms with E-state index in [1.165, 1.54) is 0 Å². The van der Waals surface area contributed by atoms with Gasteiger partial charge < -0.3 is 10.6 Å². The molecule has 0 spiro atoms. The highest BCUT2D eigenvalue weighted by Crippen LogP contribution is 2.16. The third kappa shape index (κ3) is 3.81. The third-order valence-corrected chi connectivity index (χ3v) is 3.32. The molecule has 0 radical (unpaired) electrons. The number of anilines is 1. The van der Waals surface area contributed by atoms with E-state index in [9.17, 15) is 4.79 Å². The van der Waals surface area contributed by atoms with Crippen molar-refractivity contribution >= 4 is 11.6 Å². The molecule has 110 valence electrons. The maximum absolute atomic E-state index is 12.6. The Balaban J connectivity index is 2.22. The van der Waals surface area contributed by atoms with Crippen molar-refractivity contribution in [2.45, 2.75) is 26.8 Å². The maximum atomic E-state index is 12.6. The van der Waals surface area contributed by atoms with Gasteiger partial charge in [0, 0.05) is 31.2 Å². The number of para-hydroxylation sites is 1. The molecular formula is C17H21N3O. The predicted molar refractivity (Wildman–Crippen MR) is 84.9 cm³/mol. The summed E-state index contributed by atoms with van der Waals surface area (Å²) in [7, 11) is 0. The minimum atomic E-state index is -0.00342. The first kappa shape index (κ1) is 15.0. The van der Waals surface area contributed by atoms with Crippen LogP contribution >= 0.6 is 0 Å². The molecule has 0 aliphatic heterocycles. The molecule has 0 saturated carbocycles. The number of carbonyl (C=O) groups is 1. The summed E-state index contributed by atoms with van der Waals surface area (Å²) in [5.41, 5.74) is 9.27. The van der Waals surface area contributed by atoms with E-state index in [1.807, 2.05) is 42.2 Å². The number of nitrogen functional groups attached to an aromatic ring is 1. The Morgan fingerprint density at radius 2 is 2.05 bits per heavy atom. The van der Waals surface area contributed by atoms with E-state index in [0.717, 1.165) is 17.5 Å². The summed E-state index contributed by atoms with van der Waals surface area (Å²) in [5, 5.41) is 0. The standard InChI is InChI=1S/C17H21N3O/c1-3-8-20(12-14-6-4-5-7-16(14)18)17(21)15-9-13(2)10-19-11-15/h4-7,9-11H,3,8,12,18H2,1-2H3. The van der Waals surface area contributed by atoms with Crippen LogP contribution in [0.5, 0.6) is 0 Å². The lowest BCUT2D eigenvalue weighted by molar-refractivity contribution is 0.0743. The molecule has 0 atom stereocenters. The number of rotatable bonds is 5. The zero-order valence-electron chi connectivity index (χ0n) is 12.5. The lowest BCUT2D eigenvalue weighted by Gasteiger charge is -2.23. The molecule has 1 heterocycles. The van der Waals surface area contributed by atoms with E-state index < -0.39 is 0 Å². The average molecular weight is 283 g/mol. The number of aromatic nitrogens is 1. The summed E-state index contributed by atoms with van der Waals surface area (Å²) >= 11 is 0. The van der Waals surface area contributed by atoms with Gasteiger partial charge >= 0.3 is 0 Å². The number of carbonyl (C=O) groups excluding carboxylic acids is 1. The van der Waals surface area contributed by atoms with Crippen LogP contribution in [0.15, 0.2) is 42.7 Å². The molecule has 2 aromatic rings. The molecule has 0 bridgehead atoms. The number of hydrogen-bond acceptors (Lipinski definition) is 3. The molecule has 0 aliphatic rings. The molecule has 1 amide bonds. The number of benzene rings is 1. The summed E-state index contributed by atoms with van der Waals surface area (Å²) in [4.78, 5) is 18.6. The van der Waals surface area contributed by atoms with Crippen molar-refractivity contribution in [3.63, 3.8) is 0 Å². The highest BCUT2D eigenvalue weighted by Gasteiger charge is 2.16. The SMILES string of the molecule is CCCN(Cc1ccccc1N)C(=O)c1cncc(C)c1. The van der Waals surface area contributed by atoms with Crippen LogP contribution in [-0.4, -0.2) is 22.3 Å². The van der Waals surface area contributed by atoms with E-state index in [0.29, 0.717) is 24.3 Å². The van der Waals surface area contributed by atoms with Crippen LogP contribution in [0.4, 0.5) is 5.69 Å². The molecule has 1 aromatic carbocycles. The summed E-state index contributed by atoms with van der Waals surface area (Å²) in [6.45, 7) is 5.21. The highest BCUT2D eigenvalue weighted by molar-refractivity contribution is 5.94. The minimum Gasteiger partial charge on any atom is -0.398 e. The Hall–Kier alpha value is -2.36. The molecular weight excluding hydrogens is 262 g/mol. The zero-order chi connectivity index (χ0) is 15.2. The predicted octanol–water partition coefficient (Wildman–Crippen LogP) is 3.02. The normalized spacial score (nSPS) is 10.4. The Labute approximate surface area is 125 Å². The van der Waals surface area contributed by atoms with E-state index in [4.69, 9.17) is 5.73 Å². The van der Waals surface area contributed by atoms with Gasteiger partial charge in [0.05, 0.1) is 5.56 Å². The number of nitrogens with two attached hydrogens (primary N) is 1. The van der Waals surface area contributed by atoms with Crippen LogP contribution in [-0.2, 0) is 6.54 Å². The van der Waals surface area contributed by atoms with Gasteiger partial charge in [-0.3, -0.25) is 9.78 Å². The van der Waals surface area contributed by atoms with E-state index in [-0.39, 0.29) is 5.91 Å². The quantitative estimate of drug-likeness (QED) is 0.858. The second-order valence-corrected chi connectivity index (χ2v) is 5.18. The van der Waals surface area contributed by atoms with Crippen LogP contribution in [0.3, 0.4) is 0 Å². The van der Waals surface area contributed by atoms with Crippen molar-refractivity contribution in [1.29, 1.82) is 0 Å². The summed E-state index contributed by atoms with van der Waals surface area (Å²) in [5.74, 6) is -0.00342. The molecule has 0 aliphatic carbocycles. The molecule has 0 saturated heterocycles. The Morgan fingerprint density at radius 1 is 1.29 bits per heavy atom. The van der Waals surface area contributed by atoms with E-state index in [1.54, 1.807) is 12.4 Å². The van der Waals surface area contributed by atoms with Crippen molar-refractivity contribution in [3.8, 4) is 0 Å². The average Bonchev–Trinajstić information content (AvgIpc) is 2.48. The largest absolute Gasteiger partial charge is 0.398 e. The number of pyridine rings is 1. The number of hydrogen-bond donors (Lipinski definition) is 1. The lowest BCUT2D eigenvalue weighted by Crippen LogP contribution is -2.31. The second-order valence-electron chi connectivity index (χ2n) is 5.18. The fourth-order valence-electron chi connectivity index (χ4n) is 2.26. The molecule has 4 heteroatoms. The van der Waals surface area contributed by atoms with Gasteiger partial charge in [-0.25, -0.2) is 0 Å². The van der Waals surface area contributed by atoms with Crippen molar-refractivity contribution < 1.29 is 4.79 Å². The minimum absolute atomic E-state index is 0.00342. The Morgan fingerprint density at radius 3 is 2.71 bits per heavy atom. The van der Waals surface area contributed by atoms with Gasteiger partial charge in [-0.1, -0.05) is 25.1 Å². The molecule has 1 aromatic heterocycles. The Kier molecular flexibility index (Phi) is 4.93. The van der Waals surface area contributed by atoms with Gasteiger partial charge in [0.25, 0.3) is 5.91 Å². The first-order valence-electron chi connectivity index (χ1n) is 7.16. The van der Waals surface area contributed by atoms with Crippen LogP contribution < -0.4 is 5.73 Å². The lowest BCUT2D eigenvalue weighted by atomic mass is 10.1. The smallest absolute Gasteiger partial charge is 0.255 e. The second kappa shape index (κ2) is 6.88. The van der Waals surface area contributed by atoms with Gasteiger partial charge in [0.1, 0.15) is 0 Å². The maximum Gasteiger partial charge on any atom is 0.255 e. The van der Waals surface area contributed by atoms with Crippen LogP contribution in [0.1, 0.15) is 34.8 Å². The van der Waals surface area contributed by atoms with Gasteiger partial charge in [0.2, 0.25) is 0 Å². The molecule has 21 heavy (non-hydrogen) atoms. The number of amides is 1. The van der Waals surface area contributed by atoms with Crippen LogP contribution in [0.2, 0.25) is 0 Å². The summed E-state index contributed by atoms with van der Waals surface area (Å²) in [6.07, 6.45) is 4.26. The van der Waals surface area contributed by atoms with Crippen LogP contribution in [0.25, 0.3) is 0 Å². The third-order valence-electron chi connectivity index (χ3n) is 3.32. The van der Waals surface area contributed by atoms with Gasteiger partial charge in [-0.2, -0.15) is 0 Å². The molecule has 0 fully saturated rings. The van der Waals surface area contributed by atoms with Crippen molar-refractivity contribution in [1.82, 2.24) is 9.88 Å². The monoisotopic (exact) mass is 283 g/mol. The van der Waals surface area contributed by atoms with Gasteiger partial charge in [0.15, 0.2) is 0 Å². The molecule has 4 nitrogen and oxygen atoms in total. The van der Waals surface area contributed by atoms with Crippen molar-refractivity contribution in [2.75, 3.05) is 12.3 Å². The van der Waals surface area contributed by atoms with Crippen molar-refractivity contribution in [3.05, 3.63) is 59.4 Å². The molecule has 2 N–H and O–H groups in total. The van der Waals surface area contributed by atoms with Gasteiger partial charge in [-0.05, 0) is 36.6 Å². The van der Waals surface area contributed by atoms with Crippen molar-refractivity contribution in [2.24, 2.45) is 0 Å². The molecule has 2 rings (SSSR count). The Bertz CT molecular complexity index is 625. The fraction of sp³-hybridized carbons (Fsp3) is 0.294. The van der Waals surface area contributed by atoms with Gasteiger partial charge in [-0.15, -0.1) is 0 Å². The van der Waals surface area contributed by atoms with Crippen LogP contribution in [0, 0.1) is 6.92 Å². The first-order valence-corrected chi connectivity index (χ1v) is 7.16. The zero-order valence-corrected chi connectivity index (χ0v) is 12.5. The summed E-state index contributed by atoms with van der Waals surface area (Å²) in [6, 6.07) is 9.52. The van der Waals surface area contributed by atoms with E-state index >= 15 is 0 Å². The highest BCUT2D eigenvalue weighted by atomic mass is 16.2. The summed E-state index contributed by atoms with van der Waals surface area (Å²) < 4.78 is 0.